The Kier molecular flexibility index (Phi) is 9.90. The number of hydroxylamine groups is 2. The van der Waals surface area contributed by atoms with Gasteiger partial charge in [-0.3, -0.25) is 24.0 Å². The summed E-state index contributed by atoms with van der Waals surface area (Å²) in [6.45, 7) is 14.2. The second kappa shape index (κ2) is 13.7. The monoisotopic (exact) mass is 693 g/mol. The number of nitrogens with zero attached hydrogens (tertiary/aromatic N) is 2. The third-order valence-electron chi connectivity index (χ3n) is 9.47. The molecule has 0 radical (unpaired) electrons. The highest BCUT2D eigenvalue weighted by Gasteiger charge is 2.61. The Labute approximate surface area is 287 Å². The van der Waals surface area contributed by atoms with Crippen molar-refractivity contribution in [3.05, 3.63) is 93.3 Å². The van der Waals surface area contributed by atoms with Crippen molar-refractivity contribution in [3.8, 4) is 0 Å². The van der Waals surface area contributed by atoms with Crippen LogP contribution in [0, 0.1) is 6.92 Å². The van der Waals surface area contributed by atoms with E-state index in [2.05, 4.69) is 50.0 Å². The van der Waals surface area contributed by atoms with Crippen LogP contribution in [0.25, 0.3) is 0 Å². The standard InChI is InChI=1S/C36H47N3O9Si/c1-8-43-33(41)27-19-24(21-38-20-23(2)31(40)37-34(38)42)48-39(27)32-30-29(46-36(6,7)47-30)28(45-32)22-44-49(35(3,4)5,25-15-11-9-12-16-25)26-17-13-10-14-18-26/h9-18,20,24,27-30,32H,8,19,21-22H2,1-7H3,(H,37,40,42)/t24-,27+,28+,29+,30+,32+/m0/s1. The van der Waals surface area contributed by atoms with Crippen molar-refractivity contribution in [2.24, 2.45) is 0 Å². The lowest BCUT2D eigenvalue weighted by Gasteiger charge is -2.43. The van der Waals surface area contributed by atoms with Gasteiger partial charge in [-0.05, 0) is 43.1 Å². The third-order valence-corrected chi connectivity index (χ3v) is 14.5. The van der Waals surface area contributed by atoms with Crippen LogP contribution >= 0.6 is 0 Å². The van der Waals surface area contributed by atoms with Crippen LogP contribution in [0.5, 0.6) is 0 Å². The number of fused-ring (bicyclic) bond motifs is 1. The van der Waals surface area contributed by atoms with E-state index in [1.54, 1.807) is 13.8 Å². The summed E-state index contributed by atoms with van der Waals surface area (Å²) in [5, 5.41) is 3.55. The average Bonchev–Trinajstić information content (AvgIpc) is 3.71. The number of ether oxygens (including phenoxy) is 4. The number of nitrogens with one attached hydrogen (secondary N) is 1. The van der Waals surface area contributed by atoms with Gasteiger partial charge >= 0.3 is 11.7 Å². The quantitative estimate of drug-likeness (QED) is 0.250. The number of hydrogen-bond acceptors (Lipinski definition) is 10. The molecule has 12 nitrogen and oxygen atoms in total. The Morgan fingerprint density at radius 2 is 1.61 bits per heavy atom. The van der Waals surface area contributed by atoms with E-state index in [1.807, 2.05) is 50.2 Å². The molecular formula is C36H47N3O9Si. The summed E-state index contributed by atoms with van der Waals surface area (Å²) < 4.78 is 33.7. The molecule has 0 unspecified atom stereocenters. The van der Waals surface area contributed by atoms with E-state index in [4.69, 9.17) is 28.2 Å². The van der Waals surface area contributed by atoms with Gasteiger partial charge in [0.2, 0.25) is 0 Å². The molecule has 49 heavy (non-hydrogen) atoms. The highest BCUT2D eigenvalue weighted by molar-refractivity contribution is 6.99. The van der Waals surface area contributed by atoms with Crippen LogP contribution in [0.2, 0.25) is 5.04 Å². The summed E-state index contributed by atoms with van der Waals surface area (Å²) in [4.78, 5) is 46.7. The van der Waals surface area contributed by atoms with Gasteiger partial charge in [0.25, 0.3) is 13.9 Å². The van der Waals surface area contributed by atoms with Gasteiger partial charge < -0.3 is 23.4 Å². The lowest BCUT2D eigenvalue weighted by molar-refractivity contribution is -0.286. The first-order valence-corrected chi connectivity index (χ1v) is 18.8. The fourth-order valence-electron chi connectivity index (χ4n) is 7.37. The second-order valence-electron chi connectivity index (χ2n) is 14.4. The van der Waals surface area contributed by atoms with Crippen molar-refractivity contribution in [1.82, 2.24) is 14.6 Å². The fraction of sp³-hybridized carbons (Fsp3) is 0.528. The van der Waals surface area contributed by atoms with Crippen molar-refractivity contribution in [2.75, 3.05) is 13.2 Å². The van der Waals surface area contributed by atoms with Crippen molar-refractivity contribution >= 4 is 24.7 Å². The van der Waals surface area contributed by atoms with Gasteiger partial charge in [0.05, 0.1) is 25.9 Å². The number of hydrogen-bond donors (Lipinski definition) is 1. The Hall–Kier alpha value is -3.43. The molecule has 3 fully saturated rings. The summed E-state index contributed by atoms with van der Waals surface area (Å²) in [6.07, 6.45) is -1.41. The molecule has 0 amide bonds. The molecular weight excluding hydrogens is 646 g/mol. The van der Waals surface area contributed by atoms with Crippen LogP contribution in [-0.4, -0.2) is 84.6 Å². The molecule has 3 aromatic rings. The number of benzene rings is 2. The minimum atomic E-state index is -2.91. The highest BCUT2D eigenvalue weighted by atomic mass is 28.4. The van der Waals surface area contributed by atoms with Crippen LogP contribution in [0.15, 0.2) is 76.4 Å². The summed E-state index contributed by atoms with van der Waals surface area (Å²) in [6, 6.07) is 19.9. The van der Waals surface area contributed by atoms with Crippen LogP contribution < -0.4 is 21.6 Å². The number of carbonyl (C=O) groups excluding carboxylic acids is 1. The van der Waals surface area contributed by atoms with Gasteiger partial charge in [0, 0.05) is 18.2 Å². The maximum atomic E-state index is 13.4. The molecule has 0 bridgehead atoms. The number of carbonyl (C=O) groups is 1. The number of rotatable bonds is 10. The van der Waals surface area contributed by atoms with Crippen LogP contribution in [0.4, 0.5) is 0 Å². The minimum Gasteiger partial charge on any atom is -0.465 e. The van der Waals surface area contributed by atoms with E-state index in [0.717, 1.165) is 10.4 Å². The zero-order valence-electron chi connectivity index (χ0n) is 29.2. The largest absolute Gasteiger partial charge is 0.465 e. The molecule has 0 saturated carbocycles. The summed E-state index contributed by atoms with van der Waals surface area (Å²) >= 11 is 0. The molecule has 264 valence electrons. The first-order valence-electron chi connectivity index (χ1n) is 16.9. The summed E-state index contributed by atoms with van der Waals surface area (Å²) in [5.41, 5.74) is -0.615. The predicted octanol–water partition coefficient (Wildman–Crippen LogP) is 2.60. The average molecular weight is 694 g/mol. The minimum absolute atomic E-state index is 0.104. The van der Waals surface area contributed by atoms with Crippen LogP contribution in [0.1, 0.15) is 53.5 Å². The number of aryl methyl sites for hydroxylation is 1. The highest BCUT2D eigenvalue weighted by Crippen LogP contribution is 2.44. The summed E-state index contributed by atoms with van der Waals surface area (Å²) in [5.74, 6) is -1.40. The van der Waals surface area contributed by atoms with Crippen molar-refractivity contribution in [2.45, 2.75) is 109 Å². The SMILES string of the molecule is CCOC(=O)[C@H]1C[C@@H](Cn2cc(C)c(=O)[nH]c2=O)ON1[C@@H]1O[C@H](CO[Si](c2ccccc2)(c2ccccc2)C(C)(C)C)[C@H]2OC(C)(C)O[C@H]21. The normalized spacial score (nSPS) is 26.9. The lowest BCUT2D eigenvalue weighted by Crippen LogP contribution is -2.67. The smallest absolute Gasteiger partial charge is 0.328 e. The lowest BCUT2D eigenvalue weighted by atomic mass is 10.1. The van der Waals surface area contributed by atoms with Crippen molar-refractivity contribution in [3.63, 3.8) is 0 Å². The fourth-order valence-corrected chi connectivity index (χ4v) is 11.9. The third kappa shape index (κ3) is 6.85. The maximum Gasteiger partial charge on any atom is 0.328 e. The molecule has 3 aliphatic heterocycles. The number of aromatic nitrogens is 2. The van der Waals surface area contributed by atoms with Gasteiger partial charge in [-0.2, -0.15) is 0 Å². The molecule has 3 saturated heterocycles. The van der Waals surface area contributed by atoms with Crippen LogP contribution in [0.3, 0.4) is 0 Å². The molecule has 6 atom stereocenters. The van der Waals surface area contributed by atoms with Gasteiger partial charge in [-0.25, -0.2) is 4.79 Å². The van der Waals surface area contributed by atoms with E-state index in [1.165, 1.54) is 15.8 Å². The molecule has 3 aliphatic rings. The van der Waals surface area contributed by atoms with E-state index in [9.17, 15) is 14.4 Å². The van der Waals surface area contributed by atoms with Gasteiger partial charge in [0.1, 0.15) is 24.4 Å². The molecule has 2 aromatic carbocycles. The van der Waals surface area contributed by atoms with Gasteiger partial charge in [-0.15, -0.1) is 5.06 Å². The number of esters is 1. The number of aromatic amines is 1. The Bertz CT molecular complexity index is 1700. The van der Waals surface area contributed by atoms with Crippen LogP contribution in [-0.2, 0) is 39.6 Å². The Morgan fingerprint density at radius 3 is 2.20 bits per heavy atom. The van der Waals surface area contributed by atoms with Gasteiger partial charge in [0.15, 0.2) is 12.0 Å². The topological polar surface area (TPSA) is 131 Å². The maximum absolute atomic E-state index is 13.4. The molecule has 1 aromatic heterocycles. The zero-order valence-corrected chi connectivity index (χ0v) is 30.2. The molecule has 4 heterocycles. The second-order valence-corrected chi connectivity index (χ2v) is 18.7. The summed E-state index contributed by atoms with van der Waals surface area (Å²) in [7, 11) is -2.91. The van der Waals surface area contributed by atoms with E-state index in [-0.39, 0.29) is 31.2 Å². The Balaban J connectivity index is 1.31. The van der Waals surface area contributed by atoms with Crippen molar-refractivity contribution < 1.29 is 33.0 Å². The molecule has 6 rings (SSSR count). The van der Waals surface area contributed by atoms with E-state index in [0.29, 0.717) is 5.56 Å². The molecule has 1 N–H and O–H groups in total. The molecule has 13 heteroatoms. The Morgan fingerprint density at radius 1 is 1.00 bits per heavy atom. The molecule has 0 aliphatic carbocycles. The zero-order chi connectivity index (χ0) is 35.1. The molecule has 0 spiro atoms. The first kappa shape index (κ1) is 35.4. The first-order chi connectivity index (χ1) is 23.2. The number of H-pyrrole nitrogens is 1. The van der Waals surface area contributed by atoms with Gasteiger partial charge in [-0.1, -0.05) is 81.4 Å². The van der Waals surface area contributed by atoms with E-state index >= 15 is 0 Å². The van der Waals surface area contributed by atoms with Crippen molar-refractivity contribution in [1.29, 1.82) is 0 Å². The van der Waals surface area contributed by atoms with E-state index < -0.39 is 68.0 Å². The predicted molar refractivity (Wildman–Crippen MR) is 184 cm³/mol.